The number of nitrogens with zero attached hydrogens (tertiary/aromatic N) is 2. The smallest absolute Gasteiger partial charge is 0.243 e. The van der Waals surface area contributed by atoms with Crippen molar-refractivity contribution in [1.82, 2.24) is 10.2 Å². The summed E-state index contributed by atoms with van der Waals surface area (Å²) in [6, 6.07) is 21.7. The second-order valence-electron chi connectivity index (χ2n) is 10.0. The summed E-state index contributed by atoms with van der Waals surface area (Å²) in [6.45, 7) is 6.45. The third-order valence-electron chi connectivity index (χ3n) is 6.51. The van der Waals surface area contributed by atoms with Gasteiger partial charge in [0.2, 0.25) is 21.8 Å². The molecule has 0 aliphatic heterocycles. The van der Waals surface area contributed by atoms with Crippen LogP contribution >= 0.6 is 11.6 Å². The lowest BCUT2D eigenvalue weighted by Gasteiger charge is -2.32. The van der Waals surface area contributed by atoms with Gasteiger partial charge in [0.15, 0.2) is 0 Å². The maximum Gasteiger partial charge on any atom is 0.243 e. The van der Waals surface area contributed by atoms with E-state index in [4.69, 9.17) is 11.6 Å². The molecule has 0 heterocycles. The topological polar surface area (TPSA) is 86.8 Å². The lowest BCUT2D eigenvalue weighted by molar-refractivity contribution is -0.141. The molecule has 1 N–H and O–H groups in total. The lowest BCUT2D eigenvalue weighted by atomic mass is 10.0. The Morgan fingerprint density at radius 1 is 0.925 bits per heavy atom. The molecule has 214 valence electrons. The summed E-state index contributed by atoms with van der Waals surface area (Å²) in [6.07, 6.45) is 1.88. The number of rotatable bonds is 13. The molecule has 0 bridgehead atoms. The molecule has 3 aromatic rings. The second-order valence-corrected chi connectivity index (χ2v) is 12.4. The Morgan fingerprint density at radius 2 is 1.57 bits per heavy atom. The summed E-state index contributed by atoms with van der Waals surface area (Å²) in [5, 5.41) is 3.42. The molecule has 2 amide bonds. The highest BCUT2D eigenvalue weighted by Gasteiger charge is 2.30. The number of hydrogen-bond acceptors (Lipinski definition) is 4. The van der Waals surface area contributed by atoms with Crippen LogP contribution < -0.4 is 9.62 Å². The van der Waals surface area contributed by atoms with E-state index in [0.717, 1.165) is 22.3 Å². The van der Waals surface area contributed by atoms with Crippen LogP contribution in [0.15, 0.2) is 72.8 Å². The molecule has 7 nitrogen and oxygen atoms in total. The minimum atomic E-state index is -3.57. The molecule has 1 atom stereocenters. The molecule has 1 unspecified atom stereocenters. The number of hydrogen-bond donors (Lipinski definition) is 1. The number of sulfonamides is 1. The number of carbonyl (C=O) groups excluding carboxylic acids is 2. The highest BCUT2D eigenvalue weighted by molar-refractivity contribution is 7.92. The zero-order valence-electron chi connectivity index (χ0n) is 23.6. The maximum atomic E-state index is 13.8. The summed E-state index contributed by atoms with van der Waals surface area (Å²) in [5.41, 5.74) is 4.22. The zero-order chi connectivity index (χ0) is 29.3. The molecule has 40 heavy (non-hydrogen) atoms. The summed E-state index contributed by atoms with van der Waals surface area (Å²) in [5.74, 6) is -0.476. The van der Waals surface area contributed by atoms with E-state index in [9.17, 15) is 18.0 Å². The van der Waals surface area contributed by atoms with Gasteiger partial charge in [0.25, 0.3) is 0 Å². The Balaban J connectivity index is 1.87. The zero-order valence-corrected chi connectivity index (χ0v) is 25.1. The highest BCUT2D eigenvalue weighted by Crippen LogP contribution is 2.23. The van der Waals surface area contributed by atoms with Crippen molar-refractivity contribution in [1.29, 1.82) is 0 Å². The van der Waals surface area contributed by atoms with E-state index in [1.807, 2.05) is 81.4 Å². The Bertz CT molecular complexity index is 1390. The average molecular weight is 584 g/mol. The molecule has 0 aliphatic carbocycles. The van der Waals surface area contributed by atoms with E-state index in [2.05, 4.69) is 5.32 Å². The third-order valence-corrected chi connectivity index (χ3v) is 7.94. The van der Waals surface area contributed by atoms with Gasteiger partial charge in [-0.25, -0.2) is 8.42 Å². The van der Waals surface area contributed by atoms with E-state index < -0.39 is 16.1 Å². The molecule has 9 heteroatoms. The minimum Gasteiger partial charge on any atom is -0.355 e. The largest absolute Gasteiger partial charge is 0.355 e. The van der Waals surface area contributed by atoms with Crippen LogP contribution in [0.2, 0.25) is 5.02 Å². The van der Waals surface area contributed by atoms with Gasteiger partial charge < -0.3 is 10.2 Å². The number of likely N-dealkylation sites (N-methyl/N-ethyl adjacent to an activating group) is 1. The fourth-order valence-electron chi connectivity index (χ4n) is 4.78. The molecule has 0 spiro atoms. The molecular formula is C31H38ClN3O4S. The number of nitrogens with one attached hydrogen (secondary N) is 1. The molecule has 0 saturated carbocycles. The van der Waals surface area contributed by atoms with Gasteiger partial charge in [0, 0.05) is 37.5 Å². The molecule has 0 fully saturated rings. The van der Waals surface area contributed by atoms with E-state index in [-0.39, 0.29) is 31.3 Å². The van der Waals surface area contributed by atoms with Crippen LogP contribution in [0.3, 0.4) is 0 Å². The highest BCUT2D eigenvalue weighted by atomic mass is 35.5. The van der Waals surface area contributed by atoms with Crippen LogP contribution in [0, 0.1) is 13.8 Å². The third kappa shape index (κ3) is 9.10. The standard InChI is InChI=1S/C31H38ClN3O4S/c1-5-33-31(37)29(21-25-11-7-6-8-12-25)34(22-26-13-9-14-27(32)20-26)30(36)15-10-16-35(40(4,38)39)28-18-23(2)17-24(3)19-28/h6-9,11-14,17-20,29H,5,10,15-16,21-22H2,1-4H3,(H,33,37). The number of anilines is 1. The van der Waals surface area contributed by atoms with Crippen molar-refractivity contribution in [2.45, 2.75) is 52.6 Å². The SMILES string of the molecule is CCNC(=O)C(Cc1ccccc1)N(Cc1cccc(Cl)c1)C(=O)CCCN(c1cc(C)cc(C)c1)S(C)(=O)=O. The predicted molar refractivity (Wildman–Crippen MR) is 162 cm³/mol. The fraction of sp³-hybridized carbons (Fsp3) is 0.355. The molecule has 0 saturated heterocycles. The number of aryl methyl sites for hydroxylation is 2. The summed E-state index contributed by atoms with van der Waals surface area (Å²) in [4.78, 5) is 28.7. The molecule has 0 aliphatic rings. The van der Waals surface area contributed by atoms with E-state index in [1.165, 1.54) is 10.6 Å². The van der Waals surface area contributed by atoms with Crippen molar-refractivity contribution in [3.8, 4) is 0 Å². The molecule has 0 aromatic heterocycles. The maximum absolute atomic E-state index is 13.8. The quantitative estimate of drug-likeness (QED) is 0.297. The first-order chi connectivity index (χ1) is 19.0. The lowest BCUT2D eigenvalue weighted by Crippen LogP contribution is -2.50. The summed E-state index contributed by atoms with van der Waals surface area (Å²) in [7, 11) is -3.57. The Hall–Kier alpha value is -3.36. The van der Waals surface area contributed by atoms with Gasteiger partial charge in [-0.15, -0.1) is 0 Å². The Labute approximate surface area is 243 Å². The Morgan fingerprint density at radius 3 is 2.17 bits per heavy atom. The number of halogens is 1. The molecule has 0 radical (unpaired) electrons. The minimum absolute atomic E-state index is 0.0715. The van der Waals surface area contributed by atoms with Gasteiger partial charge in [-0.05, 0) is 73.7 Å². The first-order valence-corrected chi connectivity index (χ1v) is 15.6. The van der Waals surface area contributed by atoms with Gasteiger partial charge >= 0.3 is 0 Å². The van der Waals surface area contributed by atoms with Gasteiger partial charge in [-0.1, -0.05) is 60.1 Å². The van der Waals surface area contributed by atoms with Gasteiger partial charge in [-0.3, -0.25) is 13.9 Å². The summed E-state index contributed by atoms with van der Waals surface area (Å²) >= 11 is 6.23. The normalized spacial score (nSPS) is 12.0. The number of benzene rings is 3. The monoisotopic (exact) mass is 583 g/mol. The fourth-order valence-corrected chi connectivity index (χ4v) is 5.94. The van der Waals surface area contributed by atoms with Gasteiger partial charge in [-0.2, -0.15) is 0 Å². The van der Waals surface area contributed by atoms with Crippen LogP contribution in [0.25, 0.3) is 0 Å². The number of amides is 2. The average Bonchev–Trinajstić information content (AvgIpc) is 2.88. The van der Waals surface area contributed by atoms with E-state index in [1.54, 1.807) is 17.0 Å². The van der Waals surface area contributed by atoms with Crippen LogP contribution in [0.4, 0.5) is 5.69 Å². The molecule has 3 aromatic carbocycles. The van der Waals surface area contributed by atoms with Crippen molar-refractivity contribution in [3.05, 3.63) is 100 Å². The van der Waals surface area contributed by atoms with Crippen LogP contribution in [-0.2, 0) is 32.6 Å². The first kappa shape index (κ1) is 31.2. The Kier molecular flexibility index (Phi) is 11.2. The van der Waals surface area contributed by atoms with Crippen molar-refractivity contribution in [2.75, 3.05) is 23.7 Å². The van der Waals surface area contributed by atoms with E-state index >= 15 is 0 Å². The van der Waals surface area contributed by atoms with Crippen LogP contribution in [0.5, 0.6) is 0 Å². The van der Waals surface area contributed by atoms with Crippen LogP contribution in [-0.4, -0.2) is 50.5 Å². The predicted octanol–water partition coefficient (Wildman–Crippen LogP) is 5.28. The van der Waals surface area contributed by atoms with Gasteiger partial charge in [0.05, 0.1) is 11.9 Å². The summed E-state index contributed by atoms with van der Waals surface area (Å²) < 4.78 is 26.7. The van der Waals surface area contributed by atoms with Crippen molar-refractivity contribution in [3.63, 3.8) is 0 Å². The number of carbonyl (C=O) groups is 2. The van der Waals surface area contributed by atoms with Crippen molar-refractivity contribution in [2.24, 2.45) is 0 Å². The van der Waals surface area contributed by atoms with Crippen molar-refractivity contribution >= 4 is 39.1 Å². The van der Waals surface area contributed by atoms with Crippen LogP contribution in [0.1, 0.15) is 42.0 Å². The molecular weight excluding hydrogens is 546 g/mol. The molecule has 3 rings (SSSR count). The van der Waals surface area contributed by atoms with Crippen molar-refractivity contribution < 1.29 is 18.0 Å². The first-order valence-electron chi connectivity index (χ1n) is 13.4. The second kappa shape index (κ2) is 14.3. The van der Waals surface area contributed by atoms with Gasteiger partial charge in [0.1, 0.15) is 6.04 Å². The van der Waals surface area contributed by atoms with E-state index in [0.29, 0.717) is 30.1 Å².